The summed E-state index contributed by atoms with van der Waals surface area (Å²) in [7, 11) is 0. The van der Waals surface area contributed by atoms with Crippen LogP contribution in [0.25, 0.3) is 0 Å². The summed E-state index contributed by atoms with van der Waals surface area (Å²) in [4.78, 5) is 2.38. The number of para-hydroxylation sites is 1. The Kier molecular flexibility index (Phi) is 4.06. The van der Waals surface area contributed by atoms with Gasteiger partial charge in [-0.1, -0.05) is 32.0 Å². The molecule has 0 bridgehead atoms. The minimum Gasteiger partial charge on any atom is -0.391 e. The molecule has 2 rings (SSSR count). The van der Waals surface area contributed by atoms with E-state index in [-0.39, 0.29) is 6.10 Å². The summed E-state index contributed by atoms with van der Waals surface area (Å²) in [6.07, 6.45) is 4.03. The molecule has 0 radical (unpaired) electrons. The summed E-state index contributed by atoms with van der Waals surface area (Å²) in [6, 6.07) is 6.59. The average Bonchev–Trinajstić information content (AvgIpc) is 2.37. The molecular formula is C15H23NO. The van der Waals surface area contributed by atoms with E-state index in [0.29, 0.717) is 0 Å². The van der Waals surface area contributed by atoms with E-state index in [1.807, 2.05) is 0 Å². The normalized spacial score (nSPS) is 20.6. The zero-order valence-electron chi connectivity index (χ0n) is 10.9. The van der Waals surface area contributed by atoms with Crippen LogP contribution >= 0.6 is 0 Å². The fraction of sp³-hybridized carbons (Fsp3) is 0.600. The molecule has 1 N–H and O–H groups in total. The molecule has 1 aromatic rings. The van der Waals surface area contributed by atoms with Gasteiger partial charge in [-0.2, -0.15) is 0 Å². The average molecular weight is 233 g/mol. The Bertz CT molecular complexity index is 353. The minimum atomic E-state index is -0.154. The van der Waals surface area contributed by atoms with Crippen LogP contribution in [0.2, 0.25) is 0 Å². The van der Waals surface area contributed by atoms with Crippen molar-refractivity contribution in [1.29, 1.82) is 0 Å². The number of hydrogen-bond donors (Lipinski definition) is 1. The van der Waals surface area contributed by atoms with E-state index in [1.165, 1.54) is 16.8 Å². The third-order valence-electron chi connectivity index (χ3n) is 3.68. The Labute approximate surface area is 104 Å². The van der Waals surface area contributed by atoms with Crippen LogP contribution in [0.4, 0.5) is 5.69 Å². The van der Waals surface area contributed by atoms with Gasteiger partial charge in [0.2, 0.25) is 0 Å². The molecule has 0 spiro atoms. The largest absolute Gasteiger partial charge is 0.391 e. The number of hydrogen-bond acceptors (Lipinski definition) is 2. The Morgan fingerprint density at radius 3 is 2.41 bits per heavy atom. The van der Waals surface area contributed by atoms with E-state index in [2.05, 4.69) is 36.9 Å². The standard InChI is InChI=1S/C15H23NO/c1-3-12-7-5-8-13(4-2)15(12)16-10-6-9-14(17)11-16/h5,7-8,14,17H,3-4,6,9-11H2,1-2H3. The fourth-order valence-electron chi connectivity index (χ4n) is 2.78. The molecule has 0 aliphatic carbocycles. The summed E-state index contributed by atoms with van der Waals surface area (Å²) >= 11 is 0. The molecule has 0 saturated carbocycles. The number of benzene rings is 1. The van der Waals surface area contributed by atoms with Crippen LogP contribution in [-0.4, -0.2) is 24.3 Å². The van der Waals surface area contributed by atoms with E-state index in [4.69, 9.17) is 0 Å². The predicted octanol–water partition coefficient (Wildman–Crippen LogP) is 2.77. The molecule has 1 heterocycles. The van der Waals surface area contributed by atoms with Crippen LogP contribution in [0.3, 0.4) is 0 Å². The molecule has 1 unspecified atom stereocenters. The molecule has 1 aromatic carbocycles. The molecule has 0 amide bonds. The van der Waals surface area contributed by atoms with Crippen molar-refractivity contribution >= 4 is 5.69 Å². The first kappa shape index (κ1) is 12.4. The third-order valence-corrected chi connectivity index (χ3v) is 3.68. The van der Waals surface area contributed by atoms with Crippen molar-refractivity contribution in [2.45, 2.75) is 45.6 Å². The van der Waals surface area contributed by atoms with Crippen LogP contribution in [0.1, 0.15) is 37.8 Å². The Morgan fingerprint density at radius 1 is 1.24 bits per heavy atom. The van der Waals surface area contributed by atoms with Gasteiger partial charge in [0.15, 0.2) is 0 Å². The van der Waals surface area contributed by atoms with Gasteiger partial charge in [-0.05, 0) is 36.8 Å². The van der Waals surface area contributed by atoms with Gasteiger partial charge in [0.25, 0.3) is 0 Å². The van der Waals surface area contributed by atoms with Crippen LogP contribution < -0.4 is 4.90 Å². The van der Waals surface area contributed by atoms with Crippen molar-refractivity contribution in [3.63, 3.8) is 0 Å². The number of aliphatic hydroxyl groups excluding tert-OH is 1. The lowest BCUT2D eigenvalue weighted by molar-refractivity contribution is 0.154. The zero-order valence-corrected chi connectivity index (χ0v) is 10.9. The highest BCUT2D eigenvalue weighted by Gasteiger charge is 2.21. The quantitative estimate of drug-likeness (QED) is 0.867. The Balaban J connectivity index is 2.34. The Hall–Kier alpha value is -1.02. The second kappa shape index (κ2) is 5.54. The number of aryl methyl sites for hydroxylation is 2. The monoisotopic (exact) mass is 233 g/mol. The van der Waals surface area contributed by atoms with Crippen LogP contribution in [-0.2, 0) is 12.8 Å². The number of nitrogens with zero attached hydrogens (tertiary/aromatic N) is 1. The van der Waals surface area contributed by atoms with Gasteiger partial charge >= 0.3 is 0 Å². The highest BCUT2D eigenvalue weighted by Crippen LogP contribution is 2.29. The van der Waals surface area contributed by atoms with Crippen LogP contribution in [0.15, 0.2) is 18.2 Å². The maximum absolute atomic E-state index is 9.83. The van der Waals surface area contributed by atoms with Crippen LogP contribution in [0, 0.1) is 0 Å². The maximum Gasteiger partial charge on any atom is 0.0715 e. The summed E-state index contributed by atoms with van der Waals surface area (Å²) in [5, 5.41) is 9.83. The zero-order chi connectivity index (χ0) is 12.3. The van der Waals surface area contributed by atoms with Gasteiger partial charge in [0.1, 0.15) is 0 Å². The molecule has 2 heteroatoms. The molecule has 1 aliphatic rings. The second-order valence-corrected chi connectivity index (χ2v) is 4.87. The van der Waals surface area contributed by atoms with E-state index < -0.39 is 0 Å². The highest BCUT2D eigenvalue weighted by atomic mass is 16.3. The third kappa shape index (κ3) is 2.63. The summed E-state index contributed by atoms with van der Waals surface area (Å²) < 4.78 is 0. The van der Waals surface area contributed by atoms with Crippen LogP contribution in [0.5, 0.6) is 0 Å². The number of anilines is 1. The molecule has 1 saturated heterocycles. The second-order valence-electron chi connectivity index (χ2n) is 4.87. The molecule has 2 nitrogen and oxygen atoms in total. The smallest absolute Gasteiger partial charge is 0.0715 e. The first-order valence-electron chi connectivity index (χ1n) is 6.80. The lowest BCUT2D eigenvalue weighted by Gasteiger charge is -2.34. The fourth-order valence-corrected chi connectivity index (χ4v) is 2.78. The number of rotatable bonds is 3. The molecule has 1 aliphatic heterocycles. The first-order chi connectivity index (χ1) is 8.26. The van der Waals surface area contributed by atoms with E-state index in [0.717, 1.165) is 38.8 Å². The van der Waals surface area contributed by atoms with Crippen molar-refractivity contribution < 1.29 is 5.11 Å². The van der Waals surface area contributed by atoms with Crippen molar-refractivity contribution in [1.82, 2.24) is 0 Å². The summed E-state index contributed by atoms with van der Waals surface area (Å²) in [6.45, 7) is 6.29. The minimum absolute atomic E-state index is 0.154. The molecule has 94 valence electrons. The topological polar surface area (TPSA) is 23.5 Å². The molecule has 1 fully saturated rings. The maximum atomic E-state index is 9.83. The lowest BCUT2D eigenvalue weighted by atomic mass is 9.99. The SMILES string of the molecule is CCc1cccc(CC)c1N1CCCC(O)C1. The summed E-state index contributed by atoms with van der Waals surface area (Å²) in [5.41, 5.74) is 4.22. The van der Waals surface area contributed by atoms with E-state index in [1.54, 1.807) is 0 Å². The molecule has 1 atom stereocenters. The lowest BCUT2D eigenvalue weighted by Crippen LogP contribution is -2.39. The van der Waals surface area contributed by atoms with Gasteiger partial charge in [-0.25, -0.2) is 0 Å². The number of β-amino-alcohol motifs (C(OH)–C–C–N with tert-alkyl or cyclic N) is 1. The van der Waals surface area contributed by atoms with Crippen molar-refractivity contribution in [2.75, 3.05) is 18.0 Å². The van der Waals surface area contributed by atoms with Crippen molar-refractivity contribution in [3.8, 4) is 0 Å². The van der Waals surface area contributed by atoms with Gasteiger partial charge in [-0.3, -0.25) is 0 Å². The number of aliphatic hydroxyl groups is 1. The molecule has 0 aromatic heterocycles. The van der Waals surface area contributed by atoms with E-state index in [9.17, 15) is 5.11 Å². The highest BCUT2D eigenvalue weighted by molar-refractivity contribution is 5.60. The Morgan fingerprint density at radius 2 is 1.88 bits per heavy atom. The van der Waals surface area contributed by atoms with Gasteiger partial charge in [0, 0.05) is 18.8 Å². The molecular weight excluding hydrogens is 210 g/mol. The summed E-state index contributed by atoms with van der Waals surface area (Å²) in [5.74, 6) is 0. The van der Waals surface area contributed by atoms with Crippen molar-refractivity contribution in [2.24, 2.45) is 0 Å². The van der Waals surface area contributed by atoms with Gasteiger partial charge in [-0.15, -0.1) is 0 Å². The van der Waals surface area contributed by atoms with Crippen molar-refractivity contribution in [3.05, 3.63) is 29.3 Å². The molecule has 17 heavy (non-hydrogen) atoms. The van der Waals surface area contributed by atoms with Gasteiger partial charge < -0.3 is 10.0 Å². The van der Waals surface area contributed by atoms with Gasteiger partial charge in [0.05, 0.1) is 6.10 Å². The predicted molar refractivity (Wildman–Crippen MR) is 72.7 cm³/mol. The first-order valence-corrected chi connectivity index (χ1v) is 6.80. The number of piperidine rings is 1. The van der Waals surface area contributed by atoms with E-state index >= 15 is 0 Å².